The highest BCUT2D eigenvalue weighted by Crippen LogP contribution is 2.59. The molecule has 0 bridgehead atoms. The minimum absolute atomic E-state index is 0.0354. The van der Waals surface area contributed by atoms with Crippen molar-refractivity contribution in [1.29, 1.82) is 0 Å². The first-order valence-corrected chi connectivity index (χ1v) is 8.90. The molecule has 0 amide bonds. The first-order valence-electron chi connectivity index (χ1n) is 7.36. The molecule has 0 aliphatic rings. The van der Waals surface area contributed by atoms with E-state index in [1.807, 2.05) is 0 Å². The fourth-order valence-corrected chi connectivity index (χ4v) is 3.65. The summed E-state index contributed by atoms with van der Waals surface area (Å²) in [5.41, 5.74) is -1.28. The molecule has 9 heteroatoms. The van der Waals surface area contributed by atoms with Gasteiger partial charge in [-0.2, -0.15) is 17.9 Å². The van der Waals surface area contributed by atoms with Gasteiger partial charge >= 0.3 is 13.8 Å². The van der Waals surface area contributed by atoms with Crippen LogP contribution in [0.3, 0.4) is 0 Å². The van der Waals surface area contributed by atoms with Crippen molar-refractivity contribution in [2.45, 2.75) is 39.2 Å². The SMILES string of the molecule is CCOP(=O)(OCC)C(C)(C)[N+]([O-])=Cc1ccccc1C(F)(F)F. The number of hydrogen-bond acceptors (Lipinski definition) is 4. The molecule has 0 spiro atoms. The summed E-state index contributed by atoms with van der Waals surface area (Å²) >= 11 is 0. The predicted octanol–water partition coefficient (Wildman–Crippen LogP) is 4.64. The summed E-state index contributed by atoms with van der Waals surface area (Å²) < 4.78 is 62.4. The van der Waals surface area contributed by atoms with Crippen LogP contribution in [0.2, 0.25) is 0 Å². The number of rotatable bonds is 7. The highest BCUT2D eigenvalue weighted by Gasteiger charge is 2.51. The zero-order chi connectivity index (χ0) is 18.6. The normalized spacial score (nSPS) is 14.0. The molecule has 136 valence electrons. The van der Waals surface area contributed by atoms with Crippen LogP contribution in [0.1, 0.15) is 38.8 Å². The summed E-state index contributed by atoms with van der Waals surface area (Å²) in [6.45, 7) is 5.85. The fraction of sp³-hybridized carbons (Fsp3) is 0.533. The van der Waals surface area contributed by atoms with E-state index in [0.717, 1.165) is 18.3 Å². The van der Waals surface area contributed by atoms with Crippen LogP contribution in [-0.2, 0) is 19.8 Å². The van der Waals surface area contributed by atoms with Crippen LogP contribution in [0.5, 0.6) is 0 Å². The van der Waals surface area contributed by atoms with Crippen molar-refractivity contribution >= 4 is 13.8 Å². The number of hydroxylamine groups is 1. The Kier molecular flexibility index (Phi) is 6.61. The fourth-order valence-electron chi connectivity index (χ4n) is 1.97. The average Bonchev–Trinajstić information content (AvgIpc) is 2.47. The maximum Gasteiger partial charge on any atom is 0.417 e. The quantitative estimate of drug-likeness (QED) is 0.232. The molecule has 0 saturated carbocycles. The van der Waals surface area contributed by atoms with E-state index in [4.69, 9.17) is 9.05 Å². The Labute approximate surface area is 139 Å². The molecule has 1 aromatic rings. The molecule has 0 unspecified atom stereocenters. The minimum atomic E-state index is -4.61. The summed E-state index contributed by atoms with van der Waals surface area (Å²) in [5.74, 6) is 0. The van der Waals surface area contributed by atoms with Gasteiger partial charge in [0.2, 0.25) is 0 Å². The second kappa shape index (κ2) is 7.68. The van der Waals surface area contributed by atoms with Gasteiger partial charge in [0, 0.05) is 13.8 Å². The maximum absolute atomic E-state index is 13.0. The smallest absolute Gasteiger partial charge is 0.417 e. The van der Waals surface area contributed by atoms with E-state index in [9.17, 15) is 22.9 Å². The predicted molar refractivity (Wildman–Crippen MR) is 85.2 cm³/mol. The third kappa shape index (κ3) is 4.37. The molecule has 24 heavy (non-hydrogen) atoms. The van der Waals surface area contributed by atoms with Crippen LogP contribution in [0, 0.1) is 5.21 Å². The lowest BCUT2D eigenvalue weighted by atomic mass is 10.1. The number of halogens is 3. The van der Waals surface area contributed by atoms with E-state index < -0.39 is 24.6 Å². The van der Waals surface area contributed by atoms with Crippen LogP contribution in [-0.4, -0.2) is 29.4 Å². The van der Waals surface area contributed by atoms with Gasteiger partial charge in [-0.1, -0.05) is 12.1 Å². The number of alkyl halides is 3. The molecule has 0 radical (unpaired) electrons. The van der Waals surface area contributed by atoms with E-state index in [0.29, 0.717) is 0 Å². The van der Waals surface area contributed by atoms with E-state index >= 15 is 0 Å². The molecule has 1 rings (SSSR count). The van der Waals surface area contributed by atoms with Crippen molar-refractivity contribution in [1.82, 2.24) is 0 Å². The van der Waals surface area contributed by atoms with Crippen molar-refractivity contribution < 1.29 is 31.5 Å². The molecule has 1 aromatic carbocycles. The second-order valence-electron chi connectivity index (χ2n) is 5.37. The lowest BCUT2D eigenvalue weighted by Gasteiger charge is -2.30. The van der Waals surface area contributed by atoms with Gasteiger partial charge < -0.3 is 14.3 Å². The lowest BCUT2D eigenvalue weighted by Crippen LogP contribution is -2.35. The topological polar surface area (TPSA) is 61.6 Å². The molecule has 0 heterocycles. The highest BCUT2D eigenvalue weighted by molar-refractivity contribution is 7.55. The zero-order valence-corrected chi connectivity index (χ0v) is 14.9. The first kappa shape index (κ1) is 20.7. The van der Waals surface area contributed by atoms with Crippen molar-refractivity contribution in [2.24, 2.45) is 0 Å². The standard InChI is InChI=1S/C15H21F3NO4P/c1-5-22-24(21,23-6-2)14(3,4)19(20)11-12-9-7-8-10-13(12)15(16,17)18/h7-11H,5-6H2,1-4H3. The molecule has 5 nitrogen and oxygen atoms in total. The Morgan fingerprint density at radius 3 is 2.12 bits per heavy atom. The van der Waals surface area contributed by atoms with Gasteiger partial charge in [-0.15, -0.1) is 0 Å². The summed E-state index contributed by atoms with van der Waals surface area (Å²) in [4.78, 5) is 0. The largest absolute Gasteiger partial charge is 0.623 e. The molecular weight excluding hydrogens is 346 g/mol. The first-order chi connectivity index (χ1) is 11.0. The number of benzene rings is 1. The average molecular weight is 367 g/mol. The monoisotopic (exact) mass is 367 g/mol. The Morgan fingerprint density at radius 2 is 1.67 bits per heavy atom. The van der Waals surface area contributed by atoms with Gasteiger partial charge in [0.25, 0.3) is 5.28 Å². The third-order valence-electron chi connectivity index (χ3n) is 3.33. The van der Waals surface area contributed by atoms with Crippen LogP contribution in [0.25, 0.3) is 0 Å². The maximum atomic E-state index is 13.0. The van der Waals surface area contributed by atoms with E-state index in [1.54, 1.807) is 13.8 Å². The Hall–Kier alpha value is -1.37. The van der Waals surface area contributed by atoms with Crippen molar-refractivity contribution in [3.8, 4) is 0 Å². The van der Waals surface area contributed by atoms with Gasteiger partial charge in [0.05, 0.1) is 24.3 Å². The molecule has 0 fully saturated rings. The summed E-state index contributed by atoms with van der Waals surface area (Å²) in [7, 11) is -3.87. The number of nitrogens with zero attached hydrogens (tertiary/aromatic N) is 1. The Morgan fingerprint density at radius 1 is 1.17 bits per heavy atom. The van der Waals surface area contributed by atoms with Gasteiger partial charge in [0.1, 0.15) is 0 Å². The van der Waals surface area contributed by atoms with Crippen molar-refractivity contribution in [3.05, 3.63) is 40.6 Å². The molecule has 0 aliphatic heterocycles. The molecule has 0 aliphatic carbocycles. The molecule has 0 atom stereocenters. The van der Waals surface area contributed by atoms with Crippen molar-refractivity contribution in [3.63, 3.8) is 0 Å². The van der Waals surface area contributed by atoms with E-state index in [2.05, 4.69) is 0 Å². The van der Waals surface area contributed by atoms with Crippen LogP contribution in [0.4, 0.5) is 13.2 Å². The van der Waals surface area contributed by atoms with Gasteiger partial charge in [-0.3, -0.25) is 4.57 Å². The summed E-state index contributed by atoms with van der Waals surface area (Å²) in [6, 6.07) is 4.64. The van der Waals surface area contributed by atoms with Crippen LogP contribution >= 0.6 is 7.60 Å². The zero-order valence-electron chi connectivity index (χ0n) is 14.0. The van der Waals surface area contributed by atoms with E-state index in [1.165, 1.54) is 26.0 Å². The van der Waals surface area contributed by atoms with Crippen LogP contribution in [0.15, 0.2) is 24.3 Å². The second-order valence-corrected chi connectivity index (χ2v) is 7.97. The van der Waals surface area contributed by atoms with E-state index in [-0.39, 0.29) is 23.5 Å². The number of hydrogen-bond donors (Lipinski definition) is 0. The summed E-state index contributed by atoms with van der Waals surface area (Å²) in [6.07, 6.45) is -3.85. The minimum Gasteiger partial charge on any atom is -0.623 e. The molecule has 0 aromatic heterocycles. The Bertz CT molecular complexity index is 634. The van der Waals surface area contributed by atoms with Gasteiger partial charge in [-0.25, -0.2) is 0 Å². The van der Waals surface area contributed by atoms with Gasteiger partial charge in [0.15, 0.2) is 6.21 Å². The summed E-state index contributed by atoms with van der Waals surface area (Å²) in [5, 5.41) is 10.8. The molecule has 0 N–H and O–H groups in total. The molecular formula is C15H21F3NO4P. The third-order valence-corrected chi connectivity index (χ3v) is 6.06. The highest BCUT2D eigenvalue weighted by atomic mass is 31.2. The lowest BCUT2D eigenvalue weighted by molar-refractivity contribution is -0.510. The molecule has 0 saturated heterocycles. The van der Waals surface area contributed by atoms with Gasteiger partial charge in [-0.05, 0) is 26.0 Å². The van der Waals surface area contributed by atoms with Crippen molar-refractivity contribution in [2.75, 3.05) is 13.2 Å². The van der Waals surface area contributed by atoms with Crippen LogP contribution < -0.4 is 0 Å². The Balaban J connectivity index is 3.37.